The van der Waals surface area contributed by atoms with Gasteiger partial charge in [0.2, 0.25) is 0 Å². The average molecular weight is 336 g/mol. The summed E-state index contributed by atoms with van der Waals surface area (Å²) in [6, 6.07) is 6.34. The van der Waals surface area contributed by atoms with Crippen molar-refractivity contribution in [1.29, 1.82) is 0 Å². The second kappa shape index (κ2) is 6.55. The van der Waals surface area contributed by atoms with Crippen LogP contribution in [0, 0.1) is 5.82 Å². The number of fused-ring (bicyclic) bond motifs is 1. The molecule has 0 unspecified atom stereocenters. The second-order valence-electron chi connectivity index (χ2n) is 6.39. The summed E-state index contributed by atoms with van der Waals surface area (Å²) in [5.41, 5.74) is -0.123. The Hall–Kier alpha value is -1.50. The average Bonchev–Trinajstić information content (AvgIpc) is 2.96. The first-order chi connectivity index (χ1) is 11.0. The Morgan fingerprint density at radius 2 is 2.09 bits per heavy atom. The fourth-order valence-corrected chi connectivity index (χ4v) is 3.75. The minimum atomic E-state index is -0.282. The summed E-state index contributed by atoms with van der Waals surface area (Å²) in [6.07, 6.45) is 0. The molecule has 1 aromatic heterocycles. The number of benzene rings is 1. The van der Waals surface area contributed by atoms with Gasteiger partial charge < -0.3 is 10.1 Å². The van der Waals surface area contributed by atoms with Gasteiger partial charge in [-0.1, -0.05) is 0 Å². The van der Waals surface area contributed by atoms with Gasteiger partial charge in [-0.05, 0) is 43.5 Å². The molecule has 0 saturated carbocycles. The van der Waals surface area contributed by atoms with E-state index in [4.69, 9.17) is 4.74 Å². The number of carbonyl (C=O) groups excluding carboxylic acids is 1. The van der Waals surface area contributed by atoms with Gasteiger partial charge in [0, 0.05) is 29.9 Å². The van der Waals surface area contributed by atoms with Gasteiger partial charge in [-0.3, -0.25) is 9.69 Å². The largest absolute Gasteiger partial charge is 0.379 e. The molecule has 1 amide bonds. The number of nitrogens with zero attached hydrogens (tertiary/aromatic N) is 1. The van der Waals surface area contributed by atoms with E-state index >= 15 is 0 Å². The minimum absolute atomic E-state index is 0.104. The Morgan fingerprint density at radius 3 is 2.83 bits per heavy atom. The topological polar surface area (TPSA) is 41.6 Å². The lowest BCUT2D eigenvalue weighted by Crippen LogP contribution is -2.55. The summed E-state index contributed by atoms with van der Waals surface area (Å²) in [4.78, 5) is 15.3. The Morgan fingerprint density at radius 1 is 1.35 bits per heavy atom. The van der Waals surface area contributed by atoms with E-state index in [1.165, 1.54) is 23.5 Å². The number of hydrogen-bond acceptors (Lipinski definition) is 4. The lowest BCUT2D eigenvalue weighted by atomic mass is 10.0. The zero-order chi connectivity index (χ0) is 16.4. The highest BCUT2D eigenvalue weighted by molar-refractivity contribution is 7.20. The molecule has 2 aromatic rings. The van der Waals surface area contributed by atoms with Crippen LogP contribution in [0.2, 0.25) is 0 Å². The van der Waals surface area contributed by atoms with Crippen LogP contribution < -0.4 is 5.32 Å². The van der Waals surface area contributed by atoms with Crippen molar-refractivity contribution in [3.8, 4) is 0 Å². The predicted molar refractivity (Wildman–Crippen MR) is 90.6 cm³/mol. The van der Waals surface area contributed by atoms with Crippen LogP contribution in [0.15, 0.2) is 24.3 Å². The van der Waals surface area contributed by atoms with Crippen molar-refractivity contribution in [1.82, 2.24) is 10.2 Å². The van der Waals surface area contributed by atoms with Gasteiger partial charge in [0.05, 0.1) is 18.1 Å². The van der Waals surface area contributed by atoms with Crippen molar-refractivity contribution in [2.45, 2.75) is 19.4 Å². The molecular weight excluding hydrogens is 315 g/mol. The first-order valence-corrected chi connectivity index (χ1v) is 8.57. The first kappa shape index (κ1) is 16.4. The van der Waals surface area contributed by atoms with Gasteiger partial charge in [0.25, 0.3) is 5.91 Å². The smallest absolute Gasteiger partial charge is 0.261 e. The third-order valence-corrected chi connectivity index (χ3v) is 5.37. The molecule has 0 radical (unpaired) electrons. The first-order valence-electron chi connectivity index (χ1n) is 7.76. The maximum Gasteiger partial charge on any atom is 0.261 e. The Balaban J connectivity index is 1.65. The van der Waals surface area contributed by atoms with Crippen LogP contribution in [0.1, 0.15) is 23.5 Å². The van der Waals surface area contributed by atoms with Crippen molar-refractivity contribution in [3.05, 3.63) is 35.0 Å². The van der Waals surface area contributed by atoms with E-state index in [0.717, 1.165) is 36.4 Å². The van der Waals surface area contributed by atoms with Crippen molar-refractivity contribution in [2.24, 2.45) is 0 Å². The van der Waals surface area contributed by atoms with Crippen LogP contribution in [0.4, 0.5) is 4.39 Å². The fraction of sp³-hybridized carbons (Fsp3) is 0.471. The minimum Gasteiger partial charge on any atom is -0.379 e. The molecule has 4 nitrogen and oxygen atoms in total. The van der Waals surface area contributed by atoms with E-state index in [0.29, 0.717) is 11.4 Å². The van der Waals surface area contributed by atoms with Crippen molar-refractivity contribution < 1.29 is 13.9 Å². The van der Waals surface area contributed by atoms with E-state index in [9.17, 15) is 9.18 Å². The number of carbonyl (C=O) groups is 1. The molecule has 1 aromatic carbocycles. The SMILES string of the molecule is CC(C)(CNC(=O)c1cc2cc(F)ccc2s1)N1CCOCC1. The van der Waals surface area contributed by atoms with E-state index < -0.39 is 0 Å². The van der Waals surface area contributed by atoms with E-state index in [1.807, 2.05) is 0 Å². The number of morpholine rings is 1. The van der Waals surface area contributed by atoms with Crippen LogP contribution in [0.25, 0.3) is 10.1 Å². The van der Waals surface area contributed by atoms with Gasteiger partial charge in [0.1, 0.15) is 5.82 Å². The normalized spacial score (nSPS) is 16.7. The van der Waals surface area contributed by atoms with E-state index in [1.54, 1.807) is 12.1 Å². The molecule has 1 saturated heterocycles. The zero-order valence-electron chi connectivity index (χ0n) is 13.4. The number of rotatable bonds is 4. The monoisotopic (exact) mass is 336 g/mol. The lowest BCUT2D eigenvalue weighted by Gasteiger charge is -2.40. The molecule has 124 valence electrons. The molecule has 0 bridgehead atoms. The predicted octanol–water partition coefficient (Wildman–Crippen LogP) is 2.88. The van der Waals surface area contributed by atoms with Gasteiger partial charge in [-0.15, -0.1) is 11.3 Å². The summed E-state index contributed by atoms with van der Waals surface area (Å²) in [5.74, 6) is -0.386. The molecule has 0 spiro atoms. The zero-order valence-corrected chi connectivity index (χ0v) is 14.2. The van der Waals surface area contributed by atoms with Crippen LogP contribution in [-0.2, 0) is 4.74 Å². The summed E-state index contributed by atoms with van der Waals surface area (Å²) >= 11 is 1.39. The Labute approximate surface area is 139 Å². The molecule has 0 atom stereocenters. The van der Waals surface area contributed by atoms with Gasteiger partial charge in [0.15, 0.2) is 0 Å². The number of thiophene rings is 1. The third-order valence-electron chi connectivity index (χ3n) is 4.25. The summed E-state index contributed by atoms with van der Waals surface area (Å²) in [6.45, 7) is 8.04. The van der Waals surface area contributed by atoms with Gasteiger partial charge >= 0.3 is 0 Å². The van der Waals surface area contributed by atoms with Crippen LogP contribution in [0.3, 0.4) is 0 Å². The highest BCUT2D eigenvalue weighted by Crippen LogP contribution is 2.26. The Bertz CT molecular complexity index is 708. The molecule has 23 heavy (non-hydrogen) atoms. The summed E-state index contributed by atoms with van der Waals surface area (Å²) in [5, 5.41) is 3.78. The molecule has 1 aliphatic rings. The van der Waals surface area contributed by atoms with Crippen molar-refractivity contribution in [3.63, 3.8) is 0 Å². The number of hydrogen-bond donors (Lipinski definition) is 1. The number of ether oxygens (including phenoxy) is 1. The fourth-order valence-electron chi connectivity index (χ4n) is 2.79. The van der Waals surface area contributed by atoms with Crippen LogP contribution >= 0.6 is 11.3 Å². The number of nitrogens with one attached hydrogen (secondary N) is 1. The molecule has 1 aliphatic heterocycles. The molecular formula is C17H21FN2O2S. The highest BCUT2D eigenvalue weighted by Gasteiger charge is 2.28. The molecule has 0 aliphatic carbocycles. The molecule has 6 heteroatoms. The molecule has 1 fully saturated rings. The molecule has 1 N–H and O–H groups in total. The third kappa shape index (κ3) is 3.71. The molecule has 2 heterocycles. The maximum absolute atomic E-state index is 13.2. The van der Waals surface area contributed by atoms with E-state index in [-0.39, 0.29) is 17.3 Å². The second-order valence-corrected chi connectivity index (χ2v) is 7.47. The number of halogens is 1. The number of amides is 1. The van der Waals surface area contributed by atoms with Gasteiger partial charge in [-0.25, -0.2) is 4.39 Å². The quantitative estimate of drug-likeness (QED) is 0.933. The van der Waals surface area contributed by atoms with Crippen molar-refractivity contribution in [2.75, 3.05) is 32.8 Å². The summed E-state index contributed by atoms with van der Waals surface area (Å²) in [7, 11) is 0. The summed E-state index contributed by atoms with van der Waals surface area (Å²) < 4.78 is 19.5. The molecule has 3 rings (SSSR count). The highest BCUT2D eigenvalue weighted by atomic mass is 32.1. The standard InChI is InChI=1S/C17H21FN2O2S/c1-17(2,20-5-7-22-8-6-20)11-19-16(21)15-10-12-9-13(18)3-4-14(12)23-15/h3-4,9-10H,5-8,11H2,1-2H3,(H,19,21). The van der Waals surface area contributed by atoms with E-state index in [2.05, 4.69) is 24.1 Å². The van der Waals surface area contributed by atoms with Crippen molar-refractivity contribution >= 4 is 27.3 Å². The Kier molecular flexibility index (Phi) is 4.66. The van der Waals surface area contributed by atoms with Crippen LogP contribution in [-0.4, -0.2) is 49.2 Å². The van der Waals surface area contributed by atoms with Crippen LogP contribution in [0.5, 0.6) is 0 Å². The van der Waals surface area contributed by atoms with Gasteiger partial charge in [-0.2, -0.15) is 0 Å². The lowest BCUT2D eigenvalue weighted by molar-refractivity contribution is -0.00922. The maximum atomic E-state index is 13.2.